The Morgan fingerprint density at radius 3 is 1.60 bits per heavy atom. The molecule has 0 spiro atoms. The first-order valence-electron chi connectivity index (χ1n) is 19.5. The Balaban J connectivity index is 1.02. The molecular weight excluding hydrogens is 701 g/mol. The number of rotatable bonds is 5. The van der Waals surface area contributed by atoms with Crippen LogP contribution in [-0.4, -0.2) is 4.57 Å². The lowest BCUT2D eigenvalue weighted by Crippen LogP contribution is -2.54. The number of hydrogen-bond acceptors (Lipinski definition) is 5. The summed E-state index contributed by atoms with van der Waals surface area (Å²) in [5, 5.41) is 18.2. The Bertz CT molecular complexity index is 3210. The molecule has 3 N–H and O–H groups in total. The predicted octanol–water partition coefficient (Wildman–Crippen LogP) is 12.4. The van der Waals surface area contributed by atoms with Crippen molar-refractivity contribution in [2.75, 3.05) is 0 Å². The highest BCUT2D eigenvalue weighted by molar-refractivity contribution is 6.18. The summed E-state index contributed by atoms with van der Waals surface area (Å²) in [6.07, 6.45) is -0.262. The van der Waals surface area contributed by atoms with Crippen molar-refractivity contribution in [1.29, 1.82) is 0 Å². The van der Waals surface area contributed by atoms with Gasteiger partial charge in [0, 0.05) is 37.9 Å². The quantitative estimate of drug-likeness (QED) is 0.164. The van der Waals surface area contributed by atoms with Crippen molar-refractivity contribution in [3.8, 4) is 16.8 Å². The lowest BCUT2D eigenvalue weighted by molar-refractivity contribution is 0.203. The molecule has 2 unspecified atom stereocenters. The largest absolute Gasteiger partial charge is 0.456 e. The minimum absolute atomic E-state index is 0.0619. The van der Waals surface area contributed by atoms with Gasteiger partial charge in [-0.05, 0) is 58.7 Å². The standard InChI is InChI=1S/C51H36N4O2/c1-3-14-31(15-4-1)49-52-50(32-16-5-2-6-17-32)54-51(53-49)33-28-29-44-40(30-33)46-36(20-13-27-45(46)56-44)37-21-11-22-38-39-23-12-26-43(48(39)57-47(37)38)55-41-24-9-7-18-34(41)35-19-8-10-25-42(35)55/h1-30,49-54H. The molecule has 1 aliphatic rings. The average Bonchev–Trinajstić information content (AvgIpc) is 3.96. The van der Waals surface area contributed by atoms with Crippen molar-refractivity contribution >= 4 is 65.7 Å². The first kappa shape index (κ1) is 32.3. The van der Waals surface area contributed by atoms with Gasteiger partial charge in [0.2, 0.25) is 0 Å². The number of nitrogens with one attached hydrogen (secondary N) is 3. The van der Waals surface area contributed by atoms with Gasteiger partial charge in [0.15, 0.2) is 5.58 Å². The minimum Gasteiger partial charge on any atom is -0.456 e. The number of hydrogen-bond donors (Lipinski definition) is 3. The van der Waals surface area contributed by atoms with Crippen LogP contribution in [0.3, 0.4) is 0 Å². The Kier molecular flexibility index (Phi) is 7.25. The molecular formula is C51H36N4O2. The molecule has 8 aromatic carbocycles. The highest BCUT2D eigenvalue weighted by Gasteiger charge is 2.30. The fourth-order valence-corrected chi connectivity index (χ4v) is 9.14. The Labute approximate surface area is 327 Å². The molecule has 2 atom stereocenters. The SMILES string of the molecule is c1ccc(C2NC(c3ccccc3)NC(c3ccc4oc5cccc(-c6cccc7c6oc6c(-n8c9ccccc9c9ccccc98)cccc67)c5c4c3)N2)cc1. The fraction of sp³-hybridized carbons (Fsp3) is 0.0588. The van der Waals surface area contributed by atoms with Gasteiger partial charge < -0.3 is 13.4 Å². The van der Waals surface area contributed by atoms with Crippen LogP contribution in [0.1, 0.15) is 35.2 Å². The summed E-state index contributed by atoms with van der Waals surface area (Å²) in [5.41, 5.74) is 12.3. The first-order chi connectivity index (χ1) is 28.3. The van der Waals surface area contributed by atoms with Crippen LogP contribution in [-0.2, 0) is 0 Å². The summed E-state index contributed by atoms with van der Waals surface area (Å²) < 4.78 is 16.0. The topological polar surface area (TPSA) is 67.3 Å². The second kappa shape index (κ2) is 12.8. The third-order valence-electron chi connectivity index (χ3n) is 11.7. The summed E-state index contributed by atoms with van der Waals surface area (Å²) in [6.45, 7) is 0. The van der Waals surface area contributed by atoms with Crippen LogP contribution in [0.25, 0.3) is 82.5 Å². The number of nitrogens with zero attached hydrogens (tertiary/aromatic N) is 1. The van der Waals surface area contributed by atoms with Crippen LogP contribution in [0.5, 0.6) is 0 Å². The van der Waals surface area contributed by atoms with Gasteiger partial charge in [-0.15, -0.1) is 0 Å². The lowest BCUT2D eigenvalue weighted by Gasteiger charge is -2.39. The van der Waals surface area contributed by atoms with E-state index in [1.165, 1.54) is 21.9 Å². The van der Waals surface area contributed by atoms with E-state index in [1.54, 1.807) is 0 Å². The second-order valence-corrected chi connectivity index (χ2v) is 15.0. The Morgan fingerprint density at radius 2 is 0.912 bits per heavy atom. The molecule has 0 radical (unpaired) electrons. The van der Waals surface area contributed by atoms with Gasteiger partial charge in [-0.3, -0.25) is 16.0 Å². The summed E-state index contributed by atoms with van der Waals surface area (Å²) in [4.78, 5) is 0. The number of para-hydroxylation sites is 4. The summed E-state index contributed by atoms with van der Waals surface area (Å²) >= 11 is 0. The third kappa shape index (κ3) is 5.09. The number of furan rings is 2. The maximum atomic E-state index is 7.08. The van der Waals surface area contributed by atoms with Gasteiger partial charge >= 0.3 is 0 Å². The zero-order valence-electron chi connectivity index (χ0n) is 30.8. The molecule has 1 aliphatic heterocycles. The van der Waals surface area contributed by atoms with Crippen LogP contribution in [0.15, 0.2) is 191 Å². The number of fused-ring (bicyclic) bond motifs is 9. The van der Waals surface area contributed by atoms with E-state index in [-0.39, 0.29) is 18.5 Å². The van der Waals surface area contributed by atoms with Gasteiger partial charge in [0.05, 0.1) is 35.2 Å². The van der Waals surface area contributed by atoms with Crippen LogP contribution < -0.4 is 16.0 Å². The van der Waals surface area contributed by atoms with Crippen LogP contribution in [0.4, 0.5) is 0 Å². The molecule has 6 heteroatoms. The summed E-state index contributed by atoms with van der Waals surface area (Å²) in [6, 6.07) is 64.2. The maximum absolute atomic E-state index is 7.08. The molecule has 0 bridgehead atoms. The molecule has 11 aromatic rings. The van der Waals surface area contributed by atoms with E-state index in [2.05, 4.69) is 203 Å². The van der Waals surface area contributed by atoms with E-state index in [1.807, 2.05) is 0 Å². The van der Waals surface area contributed by atoms with Crippen molar-refractivity contribution in [1.82, 2.24) is 20.5 Å². The highest BCUT2D eigenvalue weighted by Crippen LogP contribution is 2.44. The number of benzene rings is 8. The Hall–Kier alpha value is -6.96. The average molecular weight is 737 g/mol. The van der Waals surface area contributed by atoms with Crippen molar-refractivity contribution < 1.29 is 8.83 Å². The third-order valence-corrected chi connectivity index (χ3v) is 11.7. The van der Waals surface area contributed by atoms with E-state index in [4.69, 9.17) is 8.83 Å². The van der Waals surface area contributed by atoms with E-state index in [0.29, 0.717) is 0 Å². The van der Waals surface area contributed by atoms with Crippen molar-refractivity contribution in [2.45, 2.75) is 18.5 Å². The van der Waals surface area contributed by atoms with Gasteiger partial charge in [0.25, 0.3) is 0 Å². The second-order valence-electron chi connectivity index (χ2n) is 15.0. The van der Waals surface area contributed by atoms with Crippen LogP contribution >= 0.6 is 0 Å². The molecule has 0 aliphatic carbocycles. The summed E-state index contributed by atoms with van der Waals surface area (Å²) in [5.74, 6) is 0. The van der Waals surface area contributed by atoms with Crippen molar-refractivity contribution in [3.05, 3.63) is 199 Å². The van der Waals surface area contributed by atoms with Crippen LogP contribution in [0, 0.1) is 0 Å². The van der Waals surface area contributed by atoms with E-state index >= 15 is 0 Å². The van der Waals surface area contributed by atoms with E-state index in [9.17, 15) is 0 Å². The van der Waals surface area contributed by atoms with Gasteiger partial charge in [0.1, 0.15) is 16.7 Å². The molecule has 0 saturated carbocycles. The monoisotopic (exact) mass is 736 g/mol. The molecule has 0 amide bonds. The molecule has 1 saturated heterocycles. The molecule has 12 rings (SSSR count). The van der Waals surface area contributed by atoms with Crippen molar-refractivity contribution in [3.63, 3.8) is 0 Å². The van der Waals surface area contributed by atoms with Gasteiger partial charge in [-0.25, -0.2) is 0 Å². The molecule has 1 fully saturated rings. The molecule has 4 heterocycles. The Morgan fingerprint density at radius 1 is 0.368 bits per heavy atom. The predicted molar refractivity (Wildman–Crippen MR) is 231 cm³/mol. The van der Waals surface area contributed by atoms with Gasteiger partial charge in [-0.2, -0.15) is 0 Å². The highest BCUT2D eigenvalue weighted by atomic mass is 16.3. The lowest BCUT2D eigenvalue weighted by atomic mass is 9.96. The van der Waals surface area contributed by atoms with Gasteiger partial charge in [-0.1, -0.05) is 146 Å². The zero-order valence-corrected chi connectivity index (χ0v) is 30.8. The maximum Gasteiger partial charge on any atom is 0.159 e. The first-order valence-corrected chi connectivity index (χ1v) is 19.5. The normalized spacial score (nSPS) is 17.4. The van der Waals surface area contributed by atoms with Crippen LogP contribution in [0.2, 0.25) is 0 Å². The minimum atomic E-state index is -0.138. The molecule has 57 heavy (non-hydrogen) atoms. The molecule has 6 nitrogen and oxygen atoms in total. The molecule has 272 valence electrons. The summed E-state index contributed by atoms with van der Waals surface area (Å²) in [7, 11) is 0. The van der Waals surface area contributed by atoms with E-state index in [0.717, 1.165) is 77.3 Å². The van der Waals surface area contributed by atoms with E-state index < -0.39 is 0 Å². The zero-order chi connectivity index (χ0) is 37.5. The fourth-order valence-electron chi connectivity index (χ4n) is 9.14. The number of aromatic nitrogens is 1. The van der Waals surface area contributed by atoms with Crippen molar-refractivity contribution in [2.24, 2.45) is 0 Å². The molecule has 3 aromatic heterocycles. The smallest absolute Gasteiger partial charge is 0.159 e.